The zero-order valence-electron chi connectivity index (χ0n) is 13.3. The van der Waals surface area contributed by atoms with Gasteiger partial charge in [-0.2, -0.15) is 0 Å². The van der Waals surface area contributed by atoms with Crippen molar-refractivity contribution in [1.82, 2.24) is 14.9 Å². The van der Waals surface area contributed by atoms with Crippen molar-refractivity contribution in [1.29, 1.82) is 0 Å². The number of nitrogens with zero attached hydrogens (tertiary/aromatic N) is 3. The summed E-state index contributed by atoms with van der Waals surface area (Å²) in [6.45, 7) is 1.14. The second-order valence-corrected chi connectivity index (χ2v) is 6.92. The molecule has 1 aliphatic heterocycles. The van der Waals surface area contributed by atoms with Gasteiger partial charge in [0.05, 0.1) is 11.9 Å². The molecule has 0 saturated carbocycles. The topological polar surface area (TPSA) is 72.1 Å². The monoisotopic (exact) mass is 354 g/mol. The number of carbonyl (C=O) groups is 1. The third-order valence-corrected chi connectivity index (χ3v) is 5.37. The second-order valence-electron chi connectivity index (χ2n) is 5.84. The number of nitrogens with two attached hydrogens (primary N) is 1. The Bertz CT molecular complexity index is 998. The van der Waals surface area contributed by atoms with E-state index in [1.54, 1.807) is 34.4 Å². The first kappa shape index (κ1) is 15.7. The van der Waals surface area contributed by atoms with Crippen LogP contribution in [0.4, 0.5) is 10.2 Å². The summed E-state index contributed by atoms with van der Waals surface area (Å²) < 4.78 is 13.2. The van der Waals surface area contributed by atoms with Crippen LogP contribution in [0.3, 0.4) is 0 Å². The number of rotatable bonds is 2. The van der Waals surface area contributed by atoms with Crippen molar-refractivity contribution in [2.45, 2.75) is 13.0 Å². The van der Waals surface area contributed by atoms with Gasteiger partial charge < -0.3 is 10.6 Å². The van der Waals surface area contributed by atoms with Crippen molar-refractivity contribution >= 4 is 39.4 Å². The highest BCUT2D eigenvalue weighted by atomic mass is 32.1. The summed E-state index contributed by atoms with van der Waals surface area (Å²) in [7, 11) is 0. The van der Waals surface area contributed by atoms with Gasteiger partial charge in [0.15, 0.2) is 0 Å². The lowest BCUT2D eigenvalue weighted by atomic mass is 10.0. The van der Waals surface area contributed by atoms with Gasteiger partial charge in [-0.1, -0.05) is 12.1 Å². The van der Waals surface area contributed by atoms with Crippen LogP contribution in [-0.4, -0.2) is 27.3 Å². The van der Waals surface area contributed by atoms with E-state index < -0.39 is 0 Å². The van der Waals surface area contributed by atoms with Crippen LogP contribution in [0.1, 0.15) is 16.0 Å². The van der Waals surface area contributed by atoms with Gasteiger partial charge in [-0.05, 0) is 35.8 Å². The highest BCUT2D eigenvalue weighted by Crippen LogP contribution is 2.36. The van der Waals surface area contributed by atoms with Crippen molar-refractivity contribution in [3.63, 3.8) is 0 Å². The van der Waals surface area contributed by atoms with Gasteiger partial charge in [0, 0.05) is 17.5 Å². The molecule has 126 valence electrons. The maximum Gasteiger partial charge on any atom is 0.246 e. The average Bonchev–Trinajstić information content (AvgIpc) is 2.98. The Balaban J connectivity index is 1.55. The van der Waals surface area contributed by atoms with Crippen molar-refractivity contribution in [3.05, 3.63) is 58.5 Å². The second kappa shape index (κ2) is 6.25. The Morgan fingerprint density at radius 2 is 2.24 bits per heavy atom. The summed E-state index contributed by atoms with van der Waals surface area (Å²) >= 11 is 1.55. The fraction of sp³-hybridized carbons (Fsp3) is 0.167. The van der Waals surface area contributed by atoms with Crippen LogP contribution in [0, 0.1) is 5.82 Å². The van der Waals surface area contributed by atoms with E-state index >= 15 is 0 Å². The van der Waals surface area contributed by atoms with E-state index in [-0.39, 0.29) is 11.7 Å². The molecule has 1 amide bonds. The molecule has 25 heavy (non-hydrogen) atoms. The Kier molecular flexibility index (Phi) is 3.93. The first-order valence-electron chi connectivity index (χ1n) is 7.85. The summed E-state index contributed by atoms with van der Waals surface area (Å²) in [5.41, 5.74) is 7.79. The van der Waals surface area contributed by atoms with Gasteiger partial charge in [0.25, 0.3) is 0 Å². The molecule has 0 saturated heterocycles. The zero-order valence-corrected chi connectivity index (χ0v) is 14.1. The van der Waals surface area contributed by atoms with Crippen LogP contribution in [0.25, 0.3) is 16.3 Å². The highest BCUT2D eigenvalue weighted by Gasteiger charge is 2.24. The summed E-state index contributed by atoms with van der Waals surface area (Å²) in [5.74, 6) is 0.0842. The van der Waals surface area contributed by atoms with E-state index in [1.165, 1.54) is 24.5 Å². The number of hydrogen-bond acceptors (Lipinski definition) is 5. The van der Waals surface area contributed by atoms with Crippen LogP contribution in [-0.2, 0) is 17.8 Å². The van der Waals surface area contributed by atoms with Crippen molar-refractivity contribution < 1.29 is 9.18 Å². The molecule has 3 aromatic rings. The number of benzene rings is 1. The van der Waals surface area contributed by atoms with Gasteiger partial charge in [-0.25, -0.2) is 14.4 Å². The average molecular weight is 354 g/mol. The number of nitrogen functional groups attached to an aromatic ring is 1. The van der Waals surface area contributed by atoms with Crippen molar-refractivity contribution in [2.24, 2.45) is 0 Å². The standard InChI is InChI=1S/C18H15FN4OS/c19-12-3-1-2-11(8-12)4-5-15(24)23-7-6-13-14(9-23)25-18-16(13)17(20)21-10-22-18/h1-5,8,10H,6-7,9H2,(H2,20,21,22). The molecular formula is C18H15FN4OS. The van der Waals surface area contributed by atoms with E-state index in [9.17, 15) is 9.18 Å². The fourth-order valence-corrected chi connectivity index (χ4v) is 4.23. The minimum Gasteiger partial charge on any atom is -0.383 e. The molecule has 2 N–H and O–H groups in total. The van der Waals surface area contributed by atoms with E-state index in [2.05, 4.69) is 9.97 Å². The summed E-state index contributed by atoms with van der Waals surface area (Å²) in [5, 5.41) is 0.921. The number of carbonyl (C=O) groups excluding carboxylic acids is 1. The van der Waals surface area contributed by atoms with E-state index in [4.69, 9.17) is 5.73 Å². The van der Waals surface area contributed by atoms with Crippen molar-refractivity contribution in [3.8, 4) is 0 Å². The molecule has 3 heterocycles. The predicted molar refractivity (Wildman–Crippen MR) is 96.4 cm³/mol. The third-order valence-electron chi connectivity index (χ3n) is 4.24. The maximum atomic E-state index is 13.2. The number of thiophene rings is 1. The minimum atomic E-state index is -0.318. The largest absolute Gasteiger partial charge is 0.383 e. The lowest BCUT2D eigenvalue weighted by Crippen LogP contribution is -2.34. The van der Waals surface area contributed by atoms with Crippen LogP contribution in [0.5, 0.6) is 0 Å². The van der Waals surface area contributed by atoms with Gasteiger partial charge in [-0.3, -0.25) is 4.79 Å². The Morgan fingerprint density at radius 1 is 1.36 bits per heavy atom. The summed E-state index contributed by atoms with van der Waals surface area (Å²) in [6, 6.07) is 6.15. The Morgan fingerprint density at radius 3 is 3.08 bits per heavy atom. The molecule has 4 rings (SSSR count). The molecule has 0 atom stereocenters. The number of aromatic nitrogens is 2. The molecule has 0 aliphatic carbocycles. The smallest absolute Gasteiger partial charge is 0.246 e. The molecule has 7 heteroatoms. The normalized spacial score (nSPS) is 14.2. The quantitative estimate of drug-likeness (QED) is 0.718. The van der Waals surface area contributed by atoms with Crippen LogP contribution in [0.2, 0.25) is 0 Å². The number of fused-ring (bicyclic) bond motifs is 3. The molecule has 0 fully saturated rings. The number of hydrogen-bond donors (Lipinski definition) is 1. The highest BCUT2D eigenvalue weighted by molar-refractivity contribution is 7.19. The molecule has 1 aromatic carbocycles. The SMILES string of the molecule is Nc1ncnc2sc3c(c12)CCN(C(=O)C=Cc1cccc(F)c1)C3. The summed E-state index contributed by atoms with van der Waals surface area (Å²) in [6.07, 6.45) is 5.31. The van der Waals surface area contributed by atoms with Gasteiger partial charge in [0.2, 0.25) is 5.91 Å². The molecule has 0 radical (unpaired) electrons. The maximum absolute atomic E-state index is 13.2. The lowest BCUT2D eigenvalue weighted by molar-refractivity contribution is -0.126. The van der Waals surface area contributed by atoms with Crippen LogP contribution >= 0.6 is 11.3 Å². The van der Waals surface area contributed by atoms with Gasteiger partial charge in [-0.15, -0.1) is 11.3 Å². The van der Waals surface area contributed by atoms with Crippen LogP contribution in [0.15, 0.2) is 36.7 Å². The molecule has 2 aromatic heterocycles. The molecule has 0 bridgehead atoms. The molecule has 0 unspecified atom stereocenters. The Hall–Kier alpha value is -2.80. The van der Waals surface area contributed by atoms with E-state index in [0.29, 0.717) is 24.5 Å². The summed E-state index contributed by atoms with van der Waals surface area (Å²) in [4.78, 5) is 24.5. The van der Waals surface area contributed by atoms with Gasteiger partial charge >= 0.3 is 0 Å². The first-order valence-corrected chi connectivity index (χ1v) is 8.67. The molecule has 1 aliphatic rings. The van der Waals surface area contributed by atoms with E-state index in [0.717, 1.165) is 27.1 Å². The van der Waals surface area contributed by atoms with E-state index in [1.807, 2.05) is 0 Å². The zero-order chi connectivity index (χ0) is 17.4. The van der Waals surface area contributed by atoms with Gasteiger partial charge in [0.1, 0.15) is 22.8 Å². The third kappa shape index (κ3) is 2.98. The number of halogens is 1. The molecular weight excluding hydrogens is 339 g/mol. The molecule has 5 nitrogen and oxygen atoms in total. The predicted octanol–water partition coefficient (Wildman–Crippen LogP) is 3.01. The molecule has 0 spiro atoms. The number of anilines is 1. The number of amides is 1. The lowest BCUT2D eigenvalue weighted by Gasteiger charge is -2.26. The van der Waals surface area contributed by atoms with Crippen molar-refractivity contribution in [2.75, 3.05) is 12.3 Å². The minimum absolute atomic E-state index is 0.0913. The van der Waals surface area contributed by atoms with Crippen LogP contribution < -0.4 is 5.73 Å². The Labute approximate surface area is 147 Å². The fourth-order valence-electron chi connectivity index (χ4n) is 3.02. The first-order chi connectivity index (χ1) is 12.1.